The number of sulfone groups is 1. The number of amides is 2. The number of carbonyl (C=O) groups is 2. The van der Waals surface area contributed by atoms with Crippen molar-refractivity contribution < 1.29 is 27.6 Å². The first-order valence-corrected chi connectivity index (χ1v) is 13.2. The number of aryl methyl sites for hydroxylation is 1. The summed E-state index contributed by atoms with van der Waals surface area (Å²) in [5.41, 5.74) is 1.11. The quantitative estimate of drug-likeness (QED) is 0.532. The zero-order valence-corrected chi connectivity index (χ0v) is 20.6. The van der Waals surface area contributed by atoms with Crippen LogP contribution in [-0.2, 0) is 26.0 Å². The summed E-state index contributed by atoms with van der Waals surface area (Å²) in [5, 5.41) is 18.2. The molecule has 13 heteroatoms. The molecular formula is C22H24ClN5O6S. The SMILES string of the molecule is Cc1nc(C2=C3C(=O)N(CCS(C)(=O)=O)CCN3C(O)C(C(=O)NCc3ccc(Cl)cc3)=C2)no1. The monoisotopic (exact) mass is 521 g/mol. The van der Waals surface area contributed by atoms with E-state index in [4.69, 9.17) is 16.1 Å². The number of allylic oxidation sites excluding steroid dienone is 2. The topological polar surface area (TPSA) is 146 Å². The highest BCUT2D eigenvalue weighted by atomic mass is 35.5. The molecule has 11 nitrogen and oxygen atoms in total. The Morgan fingerprint density at radius 3 is 2.63 bits per heavy atom. The van der Waals surface area contributed by atoms with Gasteiger partial charge in [0.2, 0.25) is 11.7 Å². The highest BCUT2D eigenvalue weighted by Gasteiger charge is 2.41. The lowest BCUT2D eigenvalue weighted by molar-refractivity contribution is -0.134. The molecule has 2 aliphatic rings. The minimum absolute atomic E-state index is 0.00179. The molecule has 0 aliphatic carbocycles. The van der Waals surface area contributed by atoms with Crippen molar-refractivity contribution in [2.75, 3.05) is 31.6 Å². The Hall–Kier alpha value is -3.22. The van der Waals surface area contributed by atoms with Gasteiger partial charge >= 0.3 is 0 Å². The molecule has 35 heavy (non-hydrogen) atoms. The van der Waals surface area contributed by atoms with E-state index < -0.39 is 27.9 Å². The minimum Gasteiger partial charge on any atom is -0.369 e. The first kappa shape index (κ1) is 24.9. The maximum Gasteiger partial charge on any atom is 0.271 e. The number of carbonyl (C=O) groups excluding carboxylic acids is 2. The molecule has 2 aliphatic heterocycles. The zero-order chi connectivity index (χ0) is 25.3. The van der Waals surface area contributed by atoms with Crippen molar-refractivity contribution in [2.24, 2.45) is 0 Å². The number of benzene rings is 1. The second-order valence-corrected chi connectivity index (χ2v) is 11.0. The highest BCUT2D eigenvalue weighted by Crippen LogP contribution is 2.34. The number of halogens is 1. The van der Waals surface area contributed by atoms with E-state index >= 15 is 0 Å². The van der Waals surface area contributed by atoms with Gasteiger partial charge in [-0.1, -0.05) is 28.9 Å². The molecule has 3 heterocycles. The van der Waals surface area contributed by atoms with E-state index in [2.05, 4.69) is 15.5 Å². The van der Waals surface area contributed by atoms with Crippen LogP contribution >= 0.6 is 11.6 Å². The molecule has 2 amide bonds. The van der Waals surface area contributed by atoms with Gasteiger partial charge < -0.3 is 24.7 Å². The van der Waals surface area contributed by atoms with Gasteiger partial charge in [-0.25, -0.2) is 8.42 Å². The van der Waals surface area contributed by atoms with E-state index in [-0.39, 0.29) is 60.5 Å². The van der Waals surface area contributed by atoms with Crippen molar-refractivity contribution in [2.45, 2.75) is 19.7 Å². The number of nitrogens with zero attached hydrogens (tertiary/aromatic N) is 4. The Morgan fingerprint density at radius 2 is 2.00 bits per heavy atom. The predicted molar refractivity (Wildman–Crippen MR) is 126 cm³/mol. The number of aliphatic hydroxyl groups is 1. The second kappa shape index (κ2) is 9.80. The van der Waals surface area contributed by atoms with Crippen molar-refractivity contribution in [3.05, 3.63) is 63.9 Å². The Balaban J connectivity index is 1.66. The van der Waals surface area contributed by atoms with Crippen molar-refractivity contribution in [3.8, 4) is 0 Å². The predicted octanol–water partition coefficient (Wildman–Crippen LogP) is 0.506. The van der Waals surface area contributed by atoms with Crippen LogP contribution in [-0.4, -0.2) is 83.1 Å². The van der Waals surface area contributed by atoms with E-state index in [9.17, 15) is 23.1 Å². The van der Waals surface area contributed by atoms with Crippen LogP contribution in [0.25, 0.3) is 5.57 Å². The summed E-state index contributed by atoms with van der Waals surface area (Å²) in [6, 6.07) is 6.96. The van der Waals surface area contributed by atoms with Gasteiger partial charge in [0, 0.05) is 44.4 Å². The third kappa shape index (κ3) is 5.55. The van der Waals surface area contributed by atoms with Gasteiger partial charge in [0.15, 0.2) is 6.23 Å². The maximum absolute atomic E-state index is 13.3. The Kier molecular flexibility index (Phi) is 6.97. The summed E-state index contributed by atoms with van der Waals surface area (Å²) in [5.74, 6) is -0.885. The van der Waals surface area contributed by atoms with Gasteiger partial charge in [0.1, 0.15) is 15.5 Å². The van der Waals surface area contributed by atoms with Gasteiger partial charge in [-0.2, -0.15) is 4.98 Å². The van der Waals surface area contributed by atoms with Crippen LogP contribution < -0.4 is 5.32 Å². The number of aliphatic hydroxyl groups excluding tert-OH is 1. The molecule has 2 N–H and O–H groups in total. The third-order valence-electron chi connectivity index (χ3n) is 5.65. The van der Waals surface area contributed by atoms with Gasteiger partial charge in [0.05, 0.1) is 16.9 Å². The van der Waals surface area contributed by atoms with Crippen LogP contribution in [0, 0.1) is 6.92 Å². The molecule has 4 rings (SSSR count). The lowest BCUT2D eigenvalue weighted by Crippen LogP contribution is -2.55. The molecule has 0 saturated carbocycles. The van der Waals surface area contributed by atoms with Crippen LogP contribution in [0.4, 0.5) is 0 Å². The molecule has 1 aromatic carbocycles. The smallest absolute Gasteiger partial charge is 0.271 e. The van der Waals surface area contributed by atoms with Gasteiger partial charge in [-0.3, -0.25) is 9.59 Å². The highest BCUT2D eigenvalue weighted by molar-refractivity contribution is 7.90. The minimum atomic E-state index is -3.29. The van der Waals surface area contributed by atoms with Gasteiger partial charge in [0.25, 0.3) is 11.8 Å². The summed E-state index contributed by atoms with van der Waals surface area (Å²) in [6.07, 6.45) is 1.08. The number of aromatic nitrogens is 2. The third-order valence-corrected chi connectivity index (χ3v) is 6.82. The molecule has 1 saturated heterocycles. The summed E-state index contributed by atoms with van der Waals surface area (Å²) in [7, 11) is -3.29. The van der Waals surface area contributed by atoms with E-state index in [1.807, 2.05) is 0 Å². The summed E-state index contributed by atoms with van der Waals surface area (Å²) in [4.78, 5) is 33.3. The van der Waals surface area contributed by atoms with Crippen LogP contribution in [0.15, 0.2) is 46.1 Å². The number of hydrogen-bond donors (Lipinski definition) is 2. The normalized spacial score (nSPS) is 18.5. The number of hydrogen-bond acceptors (Lipinski definition) is 9. The standard InChI is InChI=1S/C22H24ClN5O6S/c1-13-25-19(26-34-13)16-11-17(20(29)24-12-14-3-5-15(23)6-4-14)21(30)28-8-7-27(22(31)18(16)28)9-10-35(2,32)33/h3-6,11,21,30H,7-10,12H2,1-2H3,(H,24,29). The van der Waals surface area contributed by atoms with Crippen LogP contribution in [0.5, 0.6) is 0 Å². The first-order valence-electron chi connectivity index (χ1n) is 10.7. The average molecular weight is 522 g/mol. The summed E-state index contributed by atoms with van der Waals surface area (Å²) >= 11 is 5.90. The van der Waals surface area contributed by atoms with Crippen LogP contribution in [0.2, 0.25) is 5.02 Å². The summed E-state index contributed by atoms with van der Waals surface area (Å²) in [6.45, 7) is 2.14. The van der Waals surface area contributed by atoms with Crippen LogP contribution in [0.3, 0.4) is 0 Å². The number of nitrogens with one attached hydrogen (secondary N) is 1. The molecule has 2 aromatic rings. The van der Waals surface area contributed by atoms with Crippen molar-refractivity contribution >= 4 is 38.8 Å². The molecule has 1 unspecified atom stereocenters. The molecular weight excluding hydrogens is 498 g/mol. The fraction of sp³-hybridized carbons (Fsp3) is 0.364. The molecule has 0 spiro atoms. The maximum atomic E-state index is 13.3. The second-order valence-electron chi connectivity index (χ2n) is 8.30. The number of piperazine rings is 1. The number of fused-ring (bicyclic) bond motifs is 1. The molecule has 0 radical (unpaired) electrons. The Bertz CT molecular complexity index is 1320. The first-order chi connectivity index (χ1) is 16.5. The molecule has 186 valence electrons. The molecule has 1 fully saturated rings. The summed E-state index contributed by atoms with van der Waals surface area (Å²) < 4.78 is 28.3. The Labute approximate surface area is 207 Å². The van der Waals surface area contributed by atoms with Crippen molar-refractivity contribution in [3.63, 3.8) is 0 Å². The lowest BCUT2D eigenvalue weighted by atomic mass is 9.97. The molecule has 1 aromatic heterocycles. The van der Waals surface area contributed by atoms with Gasteiger partial charge in [-0.05, 0) is 23.8 Å². The van der Waals surface area contributed by atoms with E-state index in [0.717, 1.165) is 11.8 Å². The van der Waals surface area contributed by atoms with E-state index in [0.29, 0.717) is 5.02 Å². The largest absolute Gasteiger partial charge is 0.369 e. The number of rotatable bonds is 7. The van der Waals surface area contributed by atoms with Crippen LogP contribution in [0.1, 0.15) is 17.3 Å². The lowest BCUT2D eigenvalue weighted by Gasteiger charge is -2.42. The van der Waals surface area contributed by atoms with E-state index in [1.165, 1.54) is 15.9 Å². The van der Waals surface area contributed by atoms with Crippen molar-refractivity contribution in [1.82, 2.24) is 25.3 Å². The fourth-order valence-corrected chi connectivity index (χ4v) is 4.51. The van der Waals surface area contributed by atoms with E-state index in [1.54, 1.807) is 31.2 Å². The zero-order valence-electron chi connectivity index (χ0n) is 19.1. The fourth-order valence-electron chi connectivity index (χ4n) is 3.83. The average Bonchev–Trinajstić information content (AvgIpc) is 3.24. The molecule has 0 bridgehead atoms. The van der Waals surface area contributed by atoms with Gasteiger partial charge in [-0.15, -0.1) is 0 Å². The molecule has 1 atom stereocenters. The Morgan fingerprint density at radius 1 is 1.29 bits per heavy atom. The van der Waals surface area contributed by atoms with Crippen molar-refractivity contribution in [1.29, 1.82) is 0 Å².